The Bertz CT molecular complexity index is 491. The average molecular weight is 349 g/mol. The molecule has 0 aliphatic heterocycles. The molecule has 5 nitrogen and oxygen atoms in total. The van der Waals surface area contributed by atoms with Gasteiger partial charge in [-0.25, -0.2) is 27.3 Å². The maximum absolute atomic E-state index is 12.5. The summed E-state index contributed by atoms with van der Waals surface area (Å²) in [5.41, 5.74) is 4.09. The van der Waals surface area contributed by atoms with Crippen LogP contribution in [-0.4, -0.2) is 13.4 Å². The second kappa shape index (κ2) is 4.14. The number of nitrogens with zero attached hydrogens (tertiary/aromatic N) is 1. The van der Waals surface area contributed by atoms with Gasteiger partial charge in [0.15, 0.2) is 5.03 Å². The number of hydrogen-bond acceptors (Lipinski definition) is 4. The number of halogens is 3. The highest BCUT2D eigenvalue weighted by molar-refractivity contribution is 14.1. The van der Waals surface area contributed by atoms with Crippen molar-refractivity contribution in [3.8, 4) is 0 Å². The Hall–Kier alpha value is -0.550. The molecule has 4 N–H and O–H groups in total. The molecule has 1 aromatic heterocycles. The fourth-order valence-electron chi connectivity index (χ4n) is 0.955. The highest BCUT2D eigenvalue weighted by Crippen LogP contribution is 2.30. The summed E-state index contributed by atoms with van der Waals surface area (Å²) in [6, 6.07) is 1.15. The molecule has 0 unspecified atom stereocenters. The zero-order valence-corrected chi connectivity index (χ0v) is 10.1. The zero-order chi connectivity index (χ0) is 11.8. The van der Waals surface area contributed by atoms with Crippen LogP contribution in [0, 0.1) is 3.70 Å². The van der Waals surface area contributed by atoms with Gasteiger partial charge in [0.25, 0.3) is 16.4 Å². The summed E-state index contributed by atoms with van der Waals surface area (Å²) < 4.78 is 47.2. The lowest BCUT2D eigenvalue weighted by Gasteiger charge is -2.09. The molecule has 0 bridgehead atoms. The molecular weight excluding hydrogens is 343 g/mol. The summed E-state index contributed by atoms with van der Waals surface area (Å²) in [4.78, 5) is 3.44. The van der Waals surface area contributed by atoms with Gasteiger partial charge in [-0.2, -0.15) is 0 Å². The third-order valence-electron chi connectivity index (χ3n) is 1.51. The van der Waals surface area contributed by atoms with Crippen LogP contribution in [-0.2, 0) is 10.0 Å². The van der Waals surface area contributed by atoms with Gasteiger partial charge < -0.3 is 5.73 Å². The lowest BCUT2D eigenvalue weighted by molar-refractivity contribution is 0.148. The van der Waals surface area contributed by atoms with Crippen molar-refractivity contribution in [2.75, 3.05) is 5.73 Å². The quantitative estimate of drug-likeness (QED) is 0.611. The minimum absolute atomic E-state index is 0.179. The molecule has 0 aromatic carbocycles. The average Bonchev–Trinajstić information content (AvgIpc) is 1.99. The molecule has 1 heterocycles. The summed E-state index contributed by atoms with van der Waals surface area (Å²) in [6.07, 6.45) is -3.04. The van der Waals surface area contributed by atoms with E-state index in [0.29, 0.717) is 0 Å². The van der Waals surface area contributed by atoms with E-state index in [9.17, 15) is 17.2 Å². The number of alkyl halides is 2. The molecule has 0 aliphatic carbocycles. The highest BCUT2D eigenvalue weighted by Gasteiger charge is 2.25. The normalized spacial score (nSPS) is 12.1. The molecule has 0 spiro atoms. The van der Waals surface area contributed by atoms with Gasteiger partial charge in [-0.15, -0.1) is 0 Å². The number of hydrogen-bond donors (Lipinski definition) is 2. The van der Waals surface area contributed by atoms with Crippen LogP contribution < -0.4 is 10.9 Å². The third kappa shape index (κ3) is 2.72. The Balaban J connectivity index is 3.62. The Morgan fingerprint density at radius 3 is 2.40 bits per heavy atom. The van der Waals surface area contributed by atoms with Crippen molar-refractivity contribution in [2.45, 2.75) is 11.5 Å². The van der Waals surface area contributed by atoms with Gasteiger partial charge in [-0.3, -0.25) is 0 Å². The van der Waals surface area contributed by atoms with Crippen LogP contribution >= 0.6 is 22.6 Å². The van der Waals surface area contributed by atoms with E-state index in [-0.39, 0.29) is 9.39 Å². The van der Waals surface area contributed by atoms with E-state index in [1.165, 1.54) is 0 Å². The van der Waals surface area contributed by atoms with E-state index in [0.717, 1.165) is 6.07 Å². The number of pyridine rings is 1. The number of primary sulfonamides is 1. The van der Waals surface area contributed by atoms with Crippen molar-refractivity contribution in [3.05, 3.63) is 15.3 Å². The standard InChI is InChI=1S/C6H6F2IN3O2S/c7-5(8)4-2(10)1-3(9)12-6(4)15(11,13)14/h1,5H,(H2,10,12)(H2,11,13,14). The largest absolute Gasteiger partial charge is 0.398 e. The fraction of sp³-hybridized carbons (Fsp3) is 0.167. The van der Waals surface area contributed by atoms with Gasteiger partial charge in [0.2, 0.25) is 0 Å². The van der Waals surface area contributed by atoms with Gasteiger partial charge in [-0.05, 0) is 28.7 Å². The van der Waals surface area contributed by atoms with E-state index in [1.54, 1.807) is 22.6 Å². The second-order valence-corrected chi connectivity index (χ2v) is 5.18. The Labute approximate surface area is 98.0 Å². The maximum atomic E-state index is 12.5. The minimum Gasteiger partial charge on any atom is -0.398 e. The van der Waals surface area contributed by atoms with Crippen LogP contribution in [0.2, 0.25) is 0 Å². The van der Waals surface area contributed by atoms with Gasteiger partial charge in [0.05, 0.1) is 5.56 Å². The van der Waals surface area contributed by atoms with Crippen molar-refractivity contribution in [1.82, 2.24) is 4.98 Å². The summed E-state index contributed by atoms with van der Waals surface area (Å²) in [6.45, 7) is 0. The molecular formula is C6H6F2IN3O2S. The van der Waals surface area contributed by atoms with E-state index in [1.807, 2.05) is 0 Å². The van der Waals surface area contributed by atoms with Gasteiger partial charge in [0.1, 0.15) is 3.70 Å². The number of rotatable bonds is 2. The molecule has 1 aromatic rings. The van der Waals surface area contributed by atoms with Crippen molar-refractivity contribution in [3.63, 3.8) is 0 Å². The van der Waals surface area contributed by atoms with Crippen LogP contribution in [0.5, 0.6) is 0 Å². The van der Waals surface area contributed by atoms with Crippen LogP contribution in [0.15, 0.2) is 11.1 Å². The van der Waals surface area contributed by atoms with Crippen LogP contribution in [0.4, 0.5) is 14.5 Å². The van der Waals surface area contributed by atoms with Crippen LogP contribution in [0.3, 0.4) is 0 Å². The first-order valence-corrected chi connectivity index (χ1v) is 6.13. The van der Waals surface area contributed by atoms with Gasteiger partial charge >= 0.3 is 0 Å². The summed E-state index contributed by atoms with van der Waals surface area (Å²) in [7, 11) is -4.30. The Kier molecular flexibility index (Phi) is 3.45. The molecule has 0 saturated heterocycles. The smallest absolute Gasteiger partial charge is 0.268 e. The molecule has 0 radical (unpaired) electrons. The Morgan fingerprint density at radius 1 is 1.47 bits per heavy atom. The monoisotopic (exact) mass is 349 g/mol. The van der Waals surface area contributed by atoms with Crippen molar-refractivity contribution in [2.24, 2.45) is 5.14 Å². The van der Waals surface area contributed by atoms with E-state index in [2.05, 4.69) is 4.98 Å². The first-order valence-electron chi connectivity index (χ1n) is 3.50. The van der Waals surface area contributed by atoms with Crippen molar-refractivity contribution < 1.29 is 17.2 Å². The second-order valence-electron chi connectivity index (χ2n) is 2.60. The minimum atomic E-state index is -4.30. The molecule has 0 atom stereocenters. The molecule has 1 rings (SSSR count). The number of sulfonamides is 1. The van der Waals surface area contributed by atoms with E-state index in [4.69, 9.17) is 10.9 Å². The molecule has 9 heteroatoms. The molecule has 84 valence electrons. The Morgan fingerprint density at radius 2 is 2.00 bits per heavy atom. The van der Waals surface area contributed by atoms with Gasteiger partial charge in [-0.1, -0.05) is 0 Å². The molecule has 15 heavy (non-hydrogen) atoms. The summed E-state index contributed by atoms with van der Waals surface area (Å²) >= 11 is 1.66. The first kappa shape index (κ1) is 12.5. The SMILES string of the molecule is Nc1cc(I)nc(S(N)(=O)=O)c1C(F)F. The first-order chi connectivity index (χ1) is 6.73. The van der Waals surface area contributed by atoms with Crippen LogP contribution in [0.25, 0.3) is 0 Å². The number of nitrogen functional groups attached to an aromatic ring is 1. The zero-order valence-electron chi connectivity index (χ0n) is 7.12. The molecule has 0 fully saturated rings. The van der Waals surface area contributed by atoms with Crippen LogP contribution in [0.1, 0.15) is 12.0 Å². The van der Waals surface area contributed by atoms with E-state index < -0.39 is 27.0 Å². The topological polar surface area (TPSA) is 99.1 Å². The molecule has 0 aliphatic rings. The van der Waals surface area contributed by atoms with E-state index >= 15 is 0 Å². The molecule has 0 amide bonds. The third-order valence-corrected chi connectivity index (χ3v) is 2.91. The van der Waals surface area contributed by atoms with Gasteiger partial charge in [0, 0.05) is 5.69 Å². The lowest BCUT2D eigenvalue weighted by atomic mass is 10.2. The number of nitrogens with two attached hydrogens (primary N) is 2. The summed E-state index contributed by atoms with van der Waals surface area (Å²) in [5, 5.41) is 3.88. The van der Waals surface area contributed by atoms with Crippen molar-refractivity contribution >= 4 is 38.3 Å². The number of anilines is 1. The predicted molar refractivity (Wildman–Crippen MR) is 57.7 cm³/mol. The predicted octanol–water partition coefficient (Wildman–Crippen LogP) is 0.853. The highest BCUT2D eigenvalue weighted by atomic mass is 127. The maximum Gasteiger partial charge on any atom is 0.268 e. The fourth-order valence-corrected chi connectivity index (χ4v) is 2.43. The number of aromatic nitrogens is 1. The lowest BCUT2D eigenvalue weighted by Crippen LogP contribution is -2.18. The molecule has 0 saturated carbocycles. The van der Waals surface area contributed by atoms with Crippen molar-refractivity contribution in [1.29, 1.82) is 0 Å². The summed E-state index contributed by atoms with van der Waals surface area (Å²) in [5.74, 6) is 0.